The Kier molecular flexibility index (Phi) is 3.47. The summed E-state index contributed by atoms with van der Waals surface area (Å²) in [6, 6.07) is 2.88. The molecule has 3 atom stereocenters. The number of nitrogens with one attached hydrogen (secondary N) is 1. The van der Waals surface area contributed by atoms with E-state index >= 15 is 0 Å². The lowest BCUT2D eigenvalue weighted by molar-refractivity contribution is -0.129. The van der Waals surface area contributed by atoms with Crippen LogP contribution in [0.1, 0.15) is 31.2 Å². The van der Waals surface area contributed by atoms with Crippen LogP contribution in [0.2, 0.25) is 0 Å². The first-order valence-corrected chi connectivity index (χ1v) is 7.96. The Morgan fingerprint density at radius 2 is 2.29 bits per heavy atom. The summed E-state index contributed by atoms with van der Waals surface area (Å²) in [7, 11) is 0. The van der Waals surface area contributed by atoms with Crippen molar-refractivity contribution in [3.8, 4) is 0 Å². The normalized spacial score (nSPS) is 32.9. The largest absolute Gasteiger partial charge is 0.472 e. The van der Waals surface area contributed by atoms with Crippen LogP contribution in [0.5, 0.6) is 0 Å². The van der Waals surface area contributed by atoms with Gasteiger partial charge in [-0.15, -0.1) is 0 Å². The van der Waals surface area contributed by atoms with Crippen molar-refractivity contribution in [2.75, 3.05) is 13.2 Å². The van der Waals surface area contributed by atoms with Gasteiger partial charge in [0.25, 0.3) is 0 Å². The highest BCUT2D eigenvalue weighted by molar-refractivity contribution is 5.79. The van der Waals surface area contributed by atoms with Crippen molar-refractivity contribution < 1.29 is 13.9 Å². The average Bonchev–Trinajstić information content (AvgIpc) is 2.97. The van der Waals surface area contributed by atoms with Gasteiger partial charge in [-0.3, -0.25) is 9.69 Å². The number of likely N-dealkylation sites (tertiary alicyclic amines) is 1. The number of ether oxygens (including phenoxy) is 1. The van der Waals surface area contributed by atoms with Gasteiger partial charge in [0.05, 0.1) is 24.5 Å². The molecular weight excluding hydrogens is 268 g/mol. The summed E-state index contributed by atoms with van der Waals surface area (Å²) < 4.78 is 11.0. The van der Waals surface area contributed by atoms with E-state index in [9.17, 15) is 4.79 Å². The fourth-order valence-electron chi connectivity index (χ4n) is 3.59. The zero-order valence-electron chi connectivity index (χ0n) is 12.2. The Hall–Kier alpha value is -1.33. The van der Waals surface area contributed by atoms with Gasteiger partial charge < -0.3 is 14.5 Å². The van der Waals surface area contributed by atoms with Gasteiger partial charge in [-0.2, -0.15) is 0 Å². The molecule has 21 heavy (non-hydrogen) atoms. The van der Waals surface area contributed by atoms with Crippen LogP contribution in [0.4, 0.5) is 0 Å². The van der Waals surface area contributed by atoms with Crippen LogP contribution in [-0.4, -0.2) is 42.1 Å². The molecule has 0 unspecified atom stereocenters. The predicted octanol–water partition coefficient (Wildman–Crippen LogP) is 1.54. The van der Waals surface area contributed by atoms with Crippen LogP contribution in [0.3, 0.4) is 0 Å². The van der Waals surface area contributed by atoms with E-state index in [1.807, 2.05) is 6.07 Å². The van der Waals surface area contributed by atoms with Gasteiger partial charge >= 0.3 is 0 Å². The third kappa shape index (κ3) is 2.85. The molecule has 3 heterocycles. The molecule has 1 saturated carbocycles. The summed E-state index contributed by atoms with van der Waals surface area (Å²) in [4.78, 5) is 14.8. The van der Waals surface area contributed by atoms with Crippen molar-refractivity contribution in [3.05, 3.63) is 24.2 Å². The van der Waals surface area contributed by atoms with Crippen molar-refractivity contribution >= 4 is 5.91 Å². The molecular formula is C16H22N2O3. The van der Waals surface area contributed by atoms with E-state index in [0.29, 0.717) is 12.1 Å². The summed E-state index contributed by atoms with van der Waals surface area (Å²) in [5.74, 6) is 0.264. The lowest BCUT2D eigenvalue weighted by Gasteiger charge is -2.40. The summed E-state index contributed by atoms with van der Waals surface area (Å²) in [6.07, 6.45) is 7.92. The van der Waals surface area contributed by atoms with E-state index in [-0.39, 0.29) is 17.9 Å². The number of piperidine rings is 1. The molecule has 3 aliphatic rings. The summed E-state index contributed by atoms with van der Waals surface area (Å²) in [5.41, 5.74) is 1.17. The first-order chi connectivity index (χ1) is 10.3. The zero-order valence-corrected chi connectivity index (χ0v) is 12.2. The average molecular weight is 290 g/mol. The van der Waals surface area contributed by atoms with Crippen LogP contribution in [-0.2, 0) is 16.1 Å². The van der Waals surface area contributed by atoms with Crippen LogP contribution in [0, 0.1) is 5.92 Å². The number of carbonyl (C=O) groups excluding carboxylic acids is 1. The number of fused-ring (bicyclic) bond motifs is 1. The Balaban J connectivity index is 1.46. The van der Waals surface area contributed by atoms with Gasteiger partial charge in [0.2, 0.25) is 5.91 Å². The minimum absolute atomic E-state index is 0.0526. The molecule has 0 spiro atoms. The molecule has 1 aromatic rings. The van der Waals surface area contributed by atoms with Crippen molar-refractivity contribution in [3.63, 3.8) is 0 Å². The predicted molar refractivity (Wildman–Crippen MR) is 76.5 cm³/mol. The van der Waals surface area contributed by atoms with Crippen LogP contribution < -0.4 is 5.32 Å². The standard InChI is InChI=1S/C16H22N2O3/c19-16(17-13-1-2-13)12-7-15-14(4-6-21-15)18(9-12)8-11-3-5-20-10-11/h3,5,10,12-15H,1-2,4,6-9H2,(H,17,19)/t12-,14+,15+/m0/s1. The van der Waals surface area contributed by atoms with Crippen molar-refractivity contribution in [2.24, 2.45) is 5.92 Å². The van der Waals surface area contributed by atoms with Crippen molar-refractivity contribution in [2.45, 2.75) is 50.4 Å². The maximum absolute atomic E-state index is 12.4. The Morgan fingerprint density at radius 3 is 3.05 bits per heavy atom. The second-order valence-corrected chi connectivity index (χ2v) is 6.54. The van der Waals surface area contributed by atoms with E-state index < -0.39 is 0 Å². The first kappa shape index (κ1) is 13.3. The van der Waals surface area contributed by atoms with Gasteiger partial charge in [-0.05, 0) is 31.7 Å². The number of hydrogen-bond donors (Lipinski definition) is 1. The zero-order chi connectivity index (χ0) is 14.2. The summed E-state index contributed by atoms with van der Waals surface area (Å²) in [5, 5.41) is 3.14. The van der Waals surface area contributed by atoms with Crippen molar-refractivity contribution in [1.82, 2.24) is 10.2 Å². The van der Waals surface area contributed by atoms with E-state index in [4.69, 9.17) is 9.15 Å². The number of carbonyl (C=O) groups is 1. The van der Waals surface area contributed by atoms with E-state index in [2.05, 4.69) is 10.2 Å². The van der Waals surface area contributed by atoms with Crippen LogP contribution in [0.25, 0.3) is 0 Å². The number of hydrogen-bond acceptors (Lipinski definition) is 4. The Morgan fingerprint density at radius 1 is 1.38 bits per heavy atom. The Bertz CT molecular complexity index is 498. The van der Waals surface area contributed by atoms with Crippen LogP contribution in [0.15, 0.2) is 23.0 Å². The van der Waals surface area contributed by atoms with E-state index in [1.54, 1.807) is 12.5 Å². The lowest BCUT2D eigenvalue weighted by Crippen LogP contribution is -2.52. The summed E-state index contributed by atoms with van der Waals surface area (Å²) >= 11 is 0. The molecule has 114 valence electrons. The minimum Gasteiger partial charge on any atom is -0.472 e. The monoisotopic (exact) mass is 290 g/mol. The van der Waals surface area contributed by atoms with Gasteiger partial charge in [0.15, 0.2) is 0 Å². The van der Waals surface area contributed by atoms with Gasteiger partial charge in [0, 0.05) is 37.3 Å². The molecule has 1 amide bonds. The first-order valence-electron chi connectivity index (χ1n) is 7.96. The van der Waals surface area contributed by atoms with Gasteiger partial charge in [-0.25, -0.2) is 0 Å². The number of amides is 1. The molecule has 4 rings (SSSR count). The number of nitrogens with zero attached hydrogens (tertiary/aromatic N) is 1. The number of furan rings is 1. The highest BCUT2D eigenvalue weighted by atomic mass is 16.5. The molecule has 0 bridgehead atoms. The molecule has 2 saturated heterocycles. The molecule has 0 aromatic carbocycles. The molecule has 2 aliphatic heterocycles. The molecule has 1 aliphatic carbocycles. The second-order valence-electron chi connectivity index (χ2n) is 6.54. The smallest absolute Gasteiger partial charge is 0.224 e. The fourth-order valence-corrected chi connectivity index (χ4v) is 3.59. The Labute approximate surface area is 124 Å². The third-order valence-corrected chi connectivity index (χ3v) is 4.88. The van der Waals surface area contributed by atoms with E-state index in [1.165, 1.54) is 5.56 Å². The maximum Gasteiger partial charge on any atom is 0.224 e. The maximum atomic E-state index is 12.4. The molecule has 3 fully saturated rings. The quantitative estimate of drug-likeness (QED) is 0.914. The van der Waals surface area contributed by atoms with Gasteiger partial charge in [-0.1, -0.05) is 0 Å². The molecule has 1 N–H and O–H groups in total. The SMILES string of the molecule is O=C(NC1CC1)[C@H]1C[C@H]2OCC[C@H]2N(Cc2ccoc2)C1. The minimum atomic E-state index is 0.0526. The highest BCUT2D eigenvalue weighted by Crippen LogP contribution is 2.33. The topological polar surface area (TPSA) is 54.7 Å². The summed E-state index contributed by atoms with van der Waals surface area (Å²) in [6.45, 7) is 2.48. The molecule has 0 radical (unpaired) electrons. The highest BCUT2D eigenvalue weighted by Gasteiger charge is 2.42. The molecule has 5 heteroatoms. The molecule has 5 nitrogen and oxygen atoms in total. The number of rotatable bonds is 4. The van der Waals surface area contributed by atoms with Crippen LogP contribution >= 0.6 is 0 Å². The van der Waals surface area contributed by atoms with E-state index in [0.717, 1.165) is 45.4 Å². The third-order valence-electron chi connectivity index (χ3n) is 4.88. The molecule has 1 aromatic heterocycles. The lowest BCUT2D eigenvalue weighted by atomic mass is 9.89. The van der Waals surface area contributed by atoms with Gasteiger partial charge in [0.1, 0.15) is 0 Å². The second kappa shape index (κ2) is 5.46. The fraction of sp³-hybridized carbons (Fsp3) is 0.688. The van der Waals surface area contributed by atoms with Crippen molar-refractivity contribution in [1.29, 1.82) is 0 Å².